The summed E-state index contributed by atoms with van der Waals surface area (Å²) in [6.07, 6.45) is 0.498. The lowest BCUT2D eigenvalue weighted by Crippen LogP contribution is -2.40. The van der Waals surface area contributed by atoms with E-state index in [0.717, 1.165) is 6.07 Å². The van der Waals surface area contributed by atoms with Gasteiger partial charge in [0.25, 0.3) is 5.91 Å². The number of morpholine rings is 1. The van der Waals surface area contributed by atoms with E-state index in [-0.39, 0.29) is 40.4 Å². The zero-order valence-corrected chi connectivity index (χ0v) is 16.0. The first kappa shape index (κ1) is 20.6. The highest BCUT2D eigenvalue weighted by Crippen LogP contribution is 2.21. The molecule has 2 aromatic carbocycles. The van der Waals surface area contributed by atoms with E-state index >= 15 is 0 Å². The number of hydrogen-bond acceptors (Lipinski definition) is 6. The van der Waals surface area contributed by atoms with E-state index in [1.165, 1.54) is 40.7 Å². The highest BCUT2D eigenvalue weighted by atomic mass is 32.2. The van der Waals surface area contributed by atoms with Crippen LogP contribution in [-0.2, 0) is 14.8 Å². The number of hydrogen-bond donors (Lipinski definition) is 2. The Balaban J connectivity index is 1.87. The Kier molecular flexibility index (Phi) is 6.06. The van der Waals surface area contributed by atoms with E-state index < -0.39 is 21.9 Å². The van der Waals surface area contributed by atoms with E-state index in [1.54, 1.807) is 0 Å². The van der Waals surface area contributed by atoms with Gasteiger partial charge in [-0.2, -0.15) is 4.31 Å². The number of carboxylic acid groups (broad SMARTS) is 1. The van der Waals surface area contributed by atoms with Crippen LogP contribution in [0.3, 0.4) is 0 Å². The van der Waals surface area contributed by atoms with Gasteiger partial charge in [0.05, 0.1) is 29.4 Å². The van der Waals surface area contributed by atoms with Crippen LogP contribution in [-0.4, -0.2) is 62.3 Å². The highest BCUT2D eigenvalue weighted by molar-refractivity contribution is 7.89. The van der Waals surface area contributed by atoms with Crippen LogP contribution in [0.2, 0.25) is 0 Å². The molecule has 1 saturated heterocycles. The SMILES string of the molecule is O=Cc1ccc(NC(=O)c2cccc(S(=O)(=O)N3CCOCC3)c2)c(C(=O)O)c1. The molecular weight excluding hydrogens is 400 g/mol. The molecule has 0 aliphatic carbocycles. The number of anilines is 1. The molecule has 1 heterocycles. The van der Waals surface area contributed by atoms with Crippen LogP contribution >= 0.6 is 0 Å². The predicted octanol–water partition coefficient (Wildman–Crippen LogP) is 1.47. The second kappa shape index (κ2) is 8.52. The first-order valence-electron chi connectivity index (χ1n) is 8.65. The van der Waals surface area contributed by atoms with Crippen molar-refractivity contribution in [2.45, 2.75) is 4.90 Å². The number of aromatic carboxylic acids is 1. The average molecular weight is 418 g/mol. The minimum Gasteiger partial charge on any atom is -0.478 e. The van der Waals surface area contributed by atoms with E-state index in [2.05, 4.69) is 5.32 Å². The molecule has 29 heavy (non-hydrogen) atoms. The number of sulfonamides is 1. The molecule has 0 bridgehead atoms. The molecule has 0 aromatic heterocycles. The monoisotopic (exact) mass is 418 g/mol. The molecule has 1 amide bonds. The number of ether oxygens (including phenoxy) is 1. The smallest absolute Gasteiger partial charge is 0.337 e. The summed E-state index contributed by atoms with van der Waals surface area (Å²) in [6.45, 7) is 1.05. The molecule has 152 valence electrons. The number of carboxylic acids is 1. The fraction of sp³-hybridized carbons (Fsp3) is 0.211. The van der Waals surface area contributed by atoms with Crippen LogP contribution < -0.4 is 5.32 Å². The normalized spacial score (nSPS) is 14.9. The maximum absolute atomic E-state index is 12.8. The summed E-state index contributed by atoms with van der Waals surface area (Å²) in [5.74, 6) is -1.99. The Bertz CT molecular complexity index is 1060. The Morgan fingerprint density at radius 1 is 1.10 bits per heavy atom. The second-order valence-corrected chi connectivity index (χ2v) is 8.16. The summed E-state index contributed by atoms with van der Waals surface area (Å²) in [5, 5.41) is 11.8. The first-order valence-corrected chi connectivity index (χ1v) is 10.1. The van der Waals surface area contributed by atoms with Gasteiger partial charge in [-0.25, -0.2) is 13.2 Å². The molecule has 2 N–H and O–H groups in total. The first-order chi connectivity index (χ1) is 13.8. The van der Waals surface area contributed by atoms with E-state index in [1.807, 2.05) is 0 Å². The van der Waals surface area contributed by atoms with Crippen LogP contribution in [0.4, 0.5) is 5.69 Å². The fourth-order valence-electron chi connectivity index (χ4n) is 2.85. The summed E-state index contributed by atoms with van der Waals surface area (Å²) in [4.78, 5) is 34.8. The Morgan fingerprint density at radius 3 is 2.48 bits per heavy atom. The van der Waals surface area contributed by atoms with Crippen molar-refractivity contribution in [1.82, 2.24) is 4.31 Å². The van der Waals surface area contributed by atoms with Crippen LogP contribution in [0.1, 0.15) is 31.1 Å². The molecule has 1 aliphatic heterocycles. The van der Waals surface area contributed by atoms with E-state index in [9.17, 15) is 27.9 Å². The largest absolute Gasteiger partial charge is 0.478 e. The summed E-state index contributed by atoms with van der Waals surface area (Å²) < 4.78 is 32.0. The predicted molar refractivity (Wildman–Crippen MR) is 103 cm³/mol. The zero-order chi connectivity index (χ0) is 21.0. The number of carbonyl (C=O) groups is 3. The number of carbonyl (C=O) groups excluding carboxylic acids is 2. The van der Waals surface area contributed by atoms with Gasteiger partial charge in [0.1, 0.15) is 6.29 Å². The van der Waals surface area contributed by atoms with Gasteiger partial charge in [0.2, 0.25) is 10.0 Å². The Hall–Kier alpha value is -3.08. The van der Waals surface area contributed by atoms with Gasteiger partial charge in [-0.1, -0.05) is 6.07 Å². The lowest BCUT2D eigenvalue weighted by atomic mass is 10.1. The second-order valence-electron chi connectivity index (χ2n) is 6.23. The Morgan fingerprint density at radius 2 is 1.83 bits per heavy atom. The molecule has 9 nitrogen and oxygen atoms in total. The fourth-order valence-corrected chi connectivity index (χ4v) is 4.30. The van der Waals surface area contributed by atoms with Gasteiger partial charge >= 0.3 is 5.97 Å². The quantitative estimate of drug-likeness (QED) is 0.680. The maximum atomic E-state index is 12.8. The van der Waals surface area contributed by atoms with Crippen molar-refractivity contribution in [3.63, 3.8) is 0 Å². The molecule has 3 rings (SSSR count). The van der Waals surface area contributed by atoms with E-state index in [0.29, 0.717) is 19.5 Å². The number of rotatable bonds is 6. The third-order valence-corrected chi connectivity index (χ3v) is 6.26. The van der Waals surface area contributed by atoms with Crippen LogP contribution in [0, 0.1) is 0 Å². The molecule has 0 spiro atoms. The Labute approximate surface area is 167 Å². The topological polar surface area (TPSA) is 130 Å². The number of nitrogens with zero attached hydrogens (tertiary/aromatic N) is 1. The minimum absolute atomic E-state index is 0.00506. The van der Waals surface area contributed by atoms with Gasteiger partial charge in [0, 0.05) is 24.2 Å². The standard InChI is InChI=1S/C19H18N2O7S/c22-12-13-4-5-17(16(10-13)19(24)25)20-18(23)14-2-1-3-15(11-14)29(26,27)21-6-8-28-9-7-21/h1-5,10-12H,6-9H2,(H,20,23)(H,24,25). The van der Waals surface area contributed by atoms with Crippen molar-refractivity contribution in [3.8, 4) is 0 Å². The summed E-state index contributed by atoms with van der Waals surface area (Å²) in [7, 11) is -3.78. The number of nitrogens with one attached hydrogen (secondary N) is 1. The highest BCUT2D eigenvalue weighted by Gasteiger charge is 2.27. The molecule has 10 heteroatoms. The minimum atomic E-state index is -3.78. The lowest BCUT2D eigenvalue weighted by Gasteiger charge is -2.26. The van der Waals surface area contributed by atoms with Gasteiger partial charge in [0.15, 0.2) is 0 Å². The summed E-state index contributed by atoms with van der Waals surface area (Å²) >= 11 is 0. The van der Waals surface area contributed by atoms with Crippen molar-refractivity contribution in [3.05, 3.63) is 59.2 Å². The van der Waals surface area contributed by atoms with Gasteiger partial charge in [-0.3, -0.25) is 9.59 Å². The maximum Gasteiger partial charge on any atom is 0.337 e. The average Bonchev–Trinajstić information content (AvgIpc) is 2.74. The molecular formula is C19H18N2O7S. The third kappa shape index (κ3) is 4.50. The molecule has 0 radical (unpaired) electrons. The molecule has 1 fully saturated rings. The van der Waals surface area contributed by atoms with Gasteiger partial charge in [-0.15, -0.1) is 0 Å². The van der Waals surface area contributed by atoms with Crippen molar-refractivity contribution < 1.29 is 32.6 Å². The molecule has 2 aromatic rings. The molecule has 0 unspecified atom stereocenters. The van der Waals surface area contributed by atoms with Crippen LogP contribution in [0.15, 0.2) is 47.4 Å². The number of amides is 1. The van der Waals surface area contributed by atoms with E-state index in [4.69, 9.17) is 4.74 Å². The lowest BCUT2D eigenvalue weighted by molar-refractivity contribution is 0.0698. The number of benzene rings is 2. The van der Waals surface area contributed by atoms with Crippen molar-refractivity contribution >= 4 is 33.9 Å². The van der Waals surface area contributed by atoms with Gasteiger partial charge in [-0.05, 0) is 36.4 Å². The molecule has 0 atom stereocenters. The molecule has 1 aliphatic rings. The zero-order valence-electron chi connectivity index (χ0n) is 15.2. The van der Waals surface area contributed by atoms with Gasteiger partial charge < -0.3 is 15.2 Å². The van der Waals surface area contributed by atoms with Crippen molar-refractivity contribution in [2.24, 2.45) is 0 Å². The number of aldehydes is 1. The van der Waals surface area contributed by atoms with Crippen molar-refractivity contribution in [1.29, 1.82) is 0 Å². The van der Waals surface area contributed by atoms with Crippen molar-refractivity contribution in [2.75, 3.05) is 31.6 Å². The third-order valence-electron chi connectivity index (χ3n) is 4.36. The summed E-state index contributed by atoms with van der Waals surface area (Å²) in [6, 6.07) is 9.31. The van der Waals surface area contributed by atoms with Crippen LogP contribution in [0.25, 0.3) is 0 Å². The summed E-state index contributed by atoms with van der Waals surface area (Å²) in [5.41, 5.74) is -0.0521. The van der Waals surface area contributed by atoms with Crippen LogP contribution in [0.5, 0.6) is 0 Å². The molecule has 0 saturated carbocycles.